The van der Waals surface area contributed by atoms with Crippen molar-refractivity contribution in [2.24, 2.45) is 0 Å². The normalized spacial score (nSPS) is 10.1. The predicted octanol–water partition coefficient (Wildman–Crippen LogP) is 3.11. The van der Waals surface area contributed by atoms with E-state index in [1.54, 1.807) is 13.8 Å². The molecule has 0 aliphatic rings. The molecule has 4 nitrogen and oxygen atoms in total. The number of rotatable bonds is 5. The molecule has 0 aliphatic heterocycles. The average Bonchev–Trinajstić information content (AvgIpc) is 2.38. The van der Waals surface area contributed by atoms with E-state index >= 15 is 0 Å². The molecule has 0 unspecified atom stereocenters. The third kappa shape index (κ3) is 3.27. The summed E-state index contributed by atoms with van der Waals surface area (Å²) in [7, 11) is 0. The van der Waals surface area contributed by atoms with Crippen molar-refractivity contribution in [3.8, 4) is 6.07 Å². The lowest BCUT2D eigenvalue weighted by molar-refractivity contribution is 0.0523. The van der Waals surface area contributed by atoms with Crippen molar-refractivity contribution >= 4 is 17.7 Å². The second-order valence-corrected chi connectivity index (χ2v) is 4.82. The first kappa shape index (κ1) is 15.5. The number of aryl methyl sites for hydroxylation is 1. The van der Waals surface area contributed by atoms with E-state index in [1.807, 2.05) is 13.2 Å². The number of pyridine rings is 1. The molecular formula is C14H18N2O2S. The minimum Gasteiger partial charge on any atom is -0.462 e. The highest BCUT2D eigenvalue weighted by Gasteiger charge is 2.22. The van der Waals surface area contributed by atoms with Crippen LogP contribution in [0, 0.1) is 18.3 Å². The second kappa shape index (κ2) is 7.15. The Morgan fingerprint density at radius 1 is 1.47 bits per heavy atom. The summed E-state index contributed by atoms with van der Waals surface area (Å²) in [5.41, 5.74) is 2.32. The third-order valence-electron chi connectivity index (χ3n) is 2.76. The van der Waals surface area contributed by atoms with Gasteiger partial charge in [-0.25, -0.2) is 9.78 Å². The van der Waals surface area contributed by atoms with Gasteiger partial charge >= 0.3 is 5.97 Å². The summed E-state index contributed by atoms with van der Waals surface area (Å²) in [4.78, 5) is 16.5. The highest BCUT2D eigenvalue weighted by atomic mass is 32.2. The molecule has 1 heterocycles. The molecule has 1 rings (SSSR count). The van der Waals surface area contributed by atoms with Gasteiger partial charge in [-0.05, 0) is 32.1 Å². The van der Waals surface area contributed by atoms with Crippen LogP contribution in [0.3, 0.4) is 0 Å². The maximum Gasteiger partial charge on any atom is 0.340 e. The Kier molecular flexibility index (Phi) is 5.84. The van der Waals surface area contributed by atoms with Crippen LogP contribution in [0.4, 0.5) is 0 Å². The number of ether oxygens (including phenoxy) is 1. The first-order valence-electron chi connectivity index (χ1n) is 6.25. The number of aromatic nitrogens is 1. The average molecular weight is 278 g/mol. The fourth-order valence-corrected chi connectivity index (χ4v) is 2.51. The van der Waals surface area contributed by atoms with Crippen molar-refractivity contribution in [3.05, 3.63) is 22.4 Å². The van der Waals surface area contributed by atoms with E-state index in [1.165, 1.54) is 11.8 Å². The lowest BCUT2D eigenvalue weighted by Gasteiger charge is -2.14. The number of hydrogen-bond acceptors (Lipinski definition) is 5. The summed E-state index contributed by atoms with van der Waals surface area (Å²) < 4.78 is 5.07. The number of nitrogens with zero attached hydrogens (tertiary/aromatic N) is 2. The molecule has 0 radical (unpaired) electrons. The molecule has 0 amide bonds. The van der Waals surface area contributed by atoms with Crippen LogP contribution in [0.5, 0.6) is 0 Å². The zero-order valence-electron chi connectivity index (χ0n) is 11.7. The van der Waals surface area contributed by atoms with Crippen LogP contribution in [0.2, 0.25) is 0 Å². The molecule has 0 bridgehead atoms. The van der Waals surface area contributed by atoms with Gasteiger partial charge in [0.25, 0.3) is 0 Å². The van der Waals surface area contributed by atoms with Gasteiger partial charge in [0.2, 0.25) is 0 Å². The smallest absolute Gasteiger partial charge is 0.340 e. The zero-order chi connectivity index (χ0) is 14.4. The lowest BCUT2D eigenvalue weighted by Crippen LogP contribution is -2.14. The molecule has 19 heavy (non-hydrogen) atoms. The number of thioether (sulfide) groups is 1. The Morgan fingerprint density at radius 3 is 2.63 bits per heavy atom. The van der Waals surface area contributed by atoms with Gasteiger partial charge in [0, 0.05) is 0 Å². The van der Waals surface area contributed by atoms with E-state index in [-0.39, 0.29) is 5.97 Å². The molecule has 0 atom stereocenters. The number of nitriles is 1. The van der Waals surface area contributed by atoms with Gasteiger partial charge in [0.1, 0.15) is 11.1 Å². The lowest BCUT2D eigenvalue weighted by atomic mass is 10.0. The summed E-state index contributed by atoms with van der Waals surface area (Å²) in [6.07, 6.45) is 3.47. The van der Waals surface area contributed by atoms with Crippen molar-refractivity contribution in [1.29, 1.82) is 5.26 Å². The summed E-state index contributed by atoms with van der Waals surface area (Å²) in [6.45, 7) is 5.89. The Hall–Kier alpha value is -1.54. The van der Waals surface area contributed by atoms with Gasteiger partial charge in [-0.15, -0.1) is 11.8 Å². The molecule has 0 aromatic carbocycles. The van der Waals surface area contributed by atoms with Gasteiger partial charge in [0.15, 0.2) is 0 Å². The fourth-order valence-electron chi connectivity index (χ4n) is 1.91. The van der Waals surface area contributed by atoms with Crippen LogP contribution in [0.25, 0.3) is 0 Å². The molecule has 1 aromatic rings. The summed E-state index contributed by atoms with van der Waals surface area (Å²) in [6, 6.07) is 2.13. The number of esters is 1. The molecule has 1 aromatic heterocycles. The van der Waals surface area contributed by atoms with Crippen LogP contribution in [0.15, 0.2) is 5.03 Å². The molecule has 102 valence electrons. The van der Waals surface area contributed by atoms with Crippen molar-refractivity contribution in [2.75, 3.05) is 12.9 Å². The van der Waals surface area contributed by atoms with Crippen LogP contribution in [-0.4, -0.2) is 23.8 Å². The topological polar surface area (TPSA) is 63.0 Å². The van der Waals surface area contributed by atoms with Crippen LogP contribution < -0.4 is 0 Å². The monoisotopic (exact) mass is 278 g/mol. The number of carbonyl (C=O) groups excluding carboxylic acids is 1. The molecule has 0 fully saturated rings. The summed E-state index contributed by atoms with van der Waals surface area (Å²) in [5.74, 6) is -0.389. The van der Waals surface area contributed by atoms with Gasteiger partial charge < -0.3 is 4.74 Å². The van der Waals surface area contributed by atoms with E-state index in [4.69, 9.17) is 4.74 Å². The van der Waals surface area contributed by atoms with Crippen molar-refractivity contribution in [2.45, 2.75) is 38.6 Å². The van der Waals surface area contributed by atoms with Gasteiger partial charge in [0.05, 0.1) is 23.4 Å². The number of hydrogen-bond donors (Lipinski definition) is 0. The van der Waals surface area contributed by atoms with Gasteiger partial charge in [-0.3, -0.25) is 0 Å². The molecule has 0 aliphatic carbocycles. The van der Waals surface area contributed by atoms with Crippen molar-refractivity contribution < 1.29 is 9.53 Å². The van der Waals surface area contributed by atoms with Crippen LogP contribution >= 0.6 is 11.8 Å². The van der Waals surface area contributed by atoms with Crippen LogP contribution in [0.1, 0.15) is 47.4 Å². The first-order valence-corrected chi connectivity index (χ1v) is 7.47. The maximum absolute atomic E-state index is 12.1. The first-order chi connectivity index (χ1) is 9.10. The summed E-state index contributed by atoms with van der Waals surface area (Å²) >= 11 is 1.42. The van der Waals surface area contributed by atoms with Gasteiger partial charge in [-0.2, -0.15) is 5.26 Å². The Balaban J connectivity index is 3.49. The standard InChI is InChI=1S/C14H18N2O2S/c1-5-7-11-12(14(17)18-6-2)9(3)10(8-15)13(16-11)19-4/h5-7H2,1-4H3. The van der Waals surface area contributed by atoms with E-state index in [9.17, 15) is 10.1 Å². The molecule has 0 saturated heterocycles. The van der Waals surface area contributed by atoms with Crippen LogP contribution in [-0.2, 0) is 11.2 Å². The van der Waals surface area contributed by atoms with E-state index < -0.39 is 0 Å². The Bertz CT molecular complexity index is 521. The van der Waals surface area contributed by atoms with E-state index in [2.05, 4.69) is 11.1 Å². The van der Waals surface area contributed by atoms with E-state index in [0.29, 0.717) is 34.7 Å². The highest BCUT2D eigenvalue weighted by molar-refractivity contribution is 7.98. The SMILES string of the molecule is CCCc1nc(SC)c(C#N)c(C)c1C(=O)OCC. The minimum absolute atomic E-state index is 0.315. The third-order valence-corrected chi connectivity index (χ3v) is 3.44. The Labute approximate surface area is 118 Å². The fraction of sp³-hybridized carbons (Fsp3) is 0.500. The predicted molar refractivity (Wildman–Crippen MR) is 75.4 cm³/mol. The Morgan fingerprint density at radius 2 is 2.16 bits per heavy atom. The van der Waals surface area contributed by atoms with Crippen molar-refractivity contribution in [1.82, 2.24) is 4.98 Å². The largest absolute Gasteiger partial charge is 0.462 e. The second-order valence-electron chi connectivity index (χ2n) is 4.03. The van der Waals surface area contributed by atoms with E-state index in [0.717, 1.165) is 12.1 Å². The summed E-state index contributed by atoms with van der Waals surface area (Å²) in [5, 5.41) is 9.91. The minimum atomic E-state index is -0.389. The quantitative estimate of drug-likeness (QED) is 0.611. The molecule has 0 N–H and O–H groups in total. The molecule has 0 spiro atoms. The zero-order valence-corrected chi connectivity index (χ0v) is 12.6. The molecule has 0 saturated carbocycles. The van der Waals surface area contributed by atoms with Gasteiger partial charge in [-0.1, -0.05) is 13.3 Å². The molecule has 5 heteroatoms. The maximum atomic E-state index is 12.1. The highest BCUT2D eigenvalue weighted by Crippen LogP contribution is 2.26. The molecular weight excluding hydrogens is 260 g/mol. The number of carbonyl (C=O) groups is 1. The van der Waals surface area contributed by atoms with Crippen molar-refractivity contribution in [3.63, 3.8) is 0 Å².